The molecule has 2 heterocycles. The molecule has 9 heteroatoms. The van der Waals surface area contributed by atoms with Crippen molar-refractivity contribution in [1.29, 1.82) is 0 Å². The Morgan fingerprint density at radius 1 is 1.23 bits per heavy atom. The highest BCUT2D eigenvalue weighted by Gasteiger charge is 2.33. The van der Waals surface area contributed by atoms with Crippen LogP contribution in [0.1, 0.15) is 25.3 Å². The summed E-state index contributed by atoms with van der Waals surface area (Å²) >= 11 is 0. The highest BCUT2D eigenvalue weighted by Crippen LogP contribution is 2.27. The van der Waals surface area contributed by atoms with E-state index in [0.717, 1.165) is 12.0 Å². The average molecular weight is 444 g/mol. The standard InChI is InChI=1S/C22H25N3O5S/c1-3-15-6-4-8-17(12-15)23-21(26)16-7-5-11-25(14-16)31(28,29)18-9-10-19-20(13-18)30-22(27)24(19)2/h4,6,8-10,12-13,16H,3,5,7,11,14H2,1-2H3,(H,23,26)/t16-/m1/s1. The summed E-state index contributed by atoms with van der Waals surface area (Å²) in [6, 6.07) is 12.0. The number of rotatable bonds is 5. The molecular formula is C22H25N3O5S. The first-order chi connectivity index (χ1) is 14.8. The summed E-state index contributed by atoms with van der Waals surface area (Å²) in [5, 5.41) is 2.92. The van der Waals surface area contributed by atoms with Crippen molar-refractivity contribution in [3.8, 4) is 0 Å². The van der Waals surface area contributed by atoms with Gasteiger partial charge in [-0.15, -0.1) is 0 Å². The molecule has 4 rings (SSSR count). The lowest BCUT2D eigenvalue weighted by Gasteiger charge is -2.31. The van der Waals surface area contributed by atoms with Crippen molar-refractivity contribution >= 4 is 32.7 Å². The normalized spacial score (nSPS) is 17.7. The molecule has 1 amide bonds. The van der Waals surface area contributed by atoms with E-state index in [1.807, 2.05) is 31.2 Å². The van der Waals surface area contributed by atoms with Crippen molar-refractivity contribution < 1.29 is 17.6 Å². The van der Waals surface area contributed by atoms with Crippen LogP contribution in [0.15, 0.2) is 56.6 Å². The van der Waals surface area contributed by atoms with Crippen molar-refractivity contribution in [2.24, 2.45) is 13.0 Å². The molecular weight excluding hydrogens is 418 g/mol. The lowest BCUT2D eigenvalue weighted by molar-refractivity contribution is -0.120. The Morgan fingerprint density at radius 3 is 2.81 bits per heavy atom. The number of hydrogen-bond acceptors (Lipinski definition) is 5. The number of fused-ring (bicyclic) bond motifs is 1. The van der Waals surface area contributed by atoms with Gasteiger partial charge in [0.05, 0.1) is 16.3 Å². The summed E-state index contributed by atoms with van der Waals surface area (Å²) in [6.07, 6.45) is 2.08. The minimum absolute atomic E-state index is 0.0473. The SMILES string of the molecule is CCc1cccc(NC(=O)[C@@H]2CCCN(S(=O)(=O)c3ccc4c(c3)oc(=O)n4C)C2)c1. The molecule has 0 radical (unpaired) electrons. The van der Waals surface area contributed by atoms with Crippen LogP contribution in [0.3, 0.4) is 0 Å². The van der Waals surface area contributed by atoms with Crippen LogP contribution in [-0.2, 0) is 28.3 Å². The highest BCUT2D eigenvalue weighted by atomic mass is 32.2. The van der Waals surface area contributed by atoms with Crippen molar-refractivity contribution in [2.75, 3.05) is 18.4 Å². The van der Waals surface area contributed by atoms with Gasteiger partial charge in [0.2, 0.25) is 15.9 Å². The quantitative estimate of drug-likeness (QED) is 0.653. The Labute approximate surface area is 180 Å². The van der Waals surface area contributed by atoms with Crippen LogP contribution in [0.5, 0.6) is 0 Å². The van der Waals surface area contributed by atoms with Crippen molar-refractivity contribution in [3.05, 3.63) is 58.6 Å². The van der Waals surface area contributed by atoms with E-state index >= 15 is 0 Å². The van der Waals surface area contributed by atoms with Crippen LogP contribution >= 0.6 is 0 Å². The summed E-state index contributed by atoms with van der Waals surface area (Å²) < 4.78 is 34.2. The summed E-state index contributed by atoms with van der Waals surface area (Å²) in [5.41, 5.74) is 2.58. The van der Waals surface area contributed by atoms with Gasteiger partial charge in [-0.25, -0.2) is 13.2 Å². The zero-order valence-electron chi connectivity index (χ0n) is 17.5. The number of nitrogens with one attached hydrogen (secondary N) is 1. The first kappa shape index (κ1) is 21.3. The van der Waals surface area contributed by atoms with E-state index in [1.54, 1.807) is 13.1 Å². The van der Waals surface area contributed by atoms with E-state index in [2.05, 4.69) is 5.32 Å². The second-order valence-electron chi connectivity index (χ2n) is 7.80. The van der Waals surface area contributed by atoms with Crippen molar-refractivity contribution in [2.45, 2.75) is 31.1 Å². The van der Waals surface area contributed by atoms with E-state index in [1.165, 1.54) is 21.0 Å². The molecule has 1 aromatic heterocycles. The largest absolute Gasteiger partial charge is 0.419 e. The van der Waals surface area contributed by atoms with Gasteiger partial charge in [0.1, 0.15) is 0 Å². The van der Waals surface area contributed by atoms with E-state index in [9.17, 15) is 18.0 Å². The zero-order chi connectivity index (χ0) is 22.2. The van der Waals surface area contributed by atoms with Crippen LogP contribution in [-0.4, -0.2) is 36.3 Å². The number of aromatic nitrogens is 1. The van der Waals surface area contributed by atoms with Gasteiger partial charge in [-0.05, 0) is 49.1 Å². The number of aryl methyl sites for hydroxylation is 2. The Kier molecular flexibility index (Phi) is 5.72. The van der Waals surface area contributed by atoms with Gasteiger partial charge < -0.3 is 9.73 Å². The fraction of sp³-hybridized carbons (Fsp3) is 0.364. The molecule has 1 atom stereocenters. The van der Waals surface area contributed by atoms with Gasteiger partial charge in [0.15, 0.2) is 5.58 Å². The number of oxazole rings is 1. The van der Waals surface area contributed by atoms with Gasteiger partial charge in [0, 0.05) is 31.9 Å². The van der Waals surface area contributed by atoms with E-state index in [-0.39, 0.29) is 22.9 Å². The number of carbonyl (C=O) groups is 1. The lowest BCUT2D eigenvalue weighted by atomic mass is 9.98. The van der Waals surface area contributed by atoms with E-state index in [0.29, 0.717) is 30.6 Å². The summed E-state index contributed by atoms with van der Waals surface area (Å²) in [5.74, 6) is -1.17. The molecule has 1 N–H and O–H groups in total. The molecule has 0 aliphatic carbocycles. The third-order valence-corrected chi connectivity index (χ3v) is 7.62. The molecule has 1 aliphatic rings. The zero-order valence-corrected chi connectivity index (χ0v) is 18.3. The molecule has 0 bridgehead atoms. The van der Waals surface area contributed by atoms with Crippen molar-refractivity contribution in [3.63, 3.8) is 0 Å². The third-order valence-electron chi connectivity index (χ3n) is 5.76. The number of carbonyl (C=O) groups excluding carboxylic acids is 1. The topological polar surface area (TPSA) is 102 Å². The number of hydrogen-bond donors (Lipinski definition) is 1. The maximum Gasteiger partial charge on any atom is 0.419 e. The van der Waals surface area contributed by atoms with Gasteiger partial charge >= 0.3 is 5.76 Å². The predicted octanol–water partition coefficient (Wildman–Crippen LogP) is 2.73. The highest BCUT2D eigenvalue weighted by molar-refractivity contribution is 7.89. The molecule has 3 aromatic rings. The molecule has 1 saturated heterocycles. The van der Waals surface area contributed by atoms with Crippen LogP contribution in [0.2, 0.25) is 0 Å². The molecule has 0 saturated carbocycles. The Morgan fingerprint density at radius 2 is 2.03 bits per heavy atom. The first-order valence-corrected chi connectivity index (χ1v) is 11.7. The molecule has 8 nitrogen and oxygen atoms in total. The van der Waals surface area contributed by atoms with Crippen molar-refractivity contribution in [1.82, 2.24) is 8.87 Å². The third kappa shape index (κ3) is 4.15. The minimum atomic E-state index is -3.83. The second-order valence-corrected chi connectivity index (χ2v) is 9.74. The average Bonchev–Trinajstić information content (AvgIpc) is 3.07. The molecule has 0 spiro atoms. The number of amides is 1. The molecule has 1 aliphatic heterocycles. The first-order valence-electron chi connectivity index (χ1n) is 10.3. The Hall–Kier alpha value is -2.91. The fourth-order valence-electron chi connectivity index (χ4n) is 3.91. The molecule has 0 unspecified atom stereocenters. The van der Waals surface area contributed by atoms with Gasteiger partial charge in [-0.3, -0.25) is 9.36 Å². The predicted molar refractivity (Wildman–Crippen MR) is 117 cm³/mol. The lowest BCUT2D eigenvalue weighted by Crippen LogP contribution is -2.43. The summed E-state index contributed by atoms with van der Waals surface area (Å²) in [4.78, 5) is 24.6. The Bertz CT molecular complexity index is 1290. The number of anilines is 1. The minimum Gasteiger partial charge on any atom is -0.408 e. The maximum absolute atomic E-state index is 13.2. The smallest absolute Gasteiger partial charge is 0.408 e. The van der Waals surface area contributed by atoms with Crippen LogP contribution in [0.25, 0.3) is 11.1 Å². The van der Waals surface area contributed by atoms with Gasteiger partial charge in [0.25, 0.3) is 0 Å². The number of piperidine rings is 1. The summed E-state index contributed by atoms with van der Waals surface area (Å²) in [7, 11) is -2.26. The second kappa shape index (κ2) is 8.32. The fourth-order valence-corrected chi connectivity index (χ4v) is 5.45. The molecule has 1 fully saturated rings. The Balaban J connectivity index is 1.53. The van der Waals surface area contributed by atoms with Crippen LogP contribution in [0, 0.1) is 5.92 Å². The van der Waals surface area contributed by atoms with Gasteiger partial charge in [-0.1, -0.05) is 19.1 Å². The number of sulfonamides is 1. The van der Waals surface area contributed by atoms with E-state index in [4.69, 9.17) is 4.42 Å². The molecule has 2 aromatic carbocycles. The maximum atomic E-state index is 13.2. The monoisotopic (exact) mass is 443 g/mol. The number of benzene rings is 2. The number of nitrogens with zero attached hydrogens (tertiary/aromatic N) is 2. The van der Waals surface area contributed by atoms with E-state index < -0.39 is 21.7 Å². The molecule has 164 valence electrons. The van der Waals surface area contributed by atoms with Crippen LogP contribution in [0.4, 0.5) is 5.69 Å². The van der Waals surface area contributed by atoms with Gasteiger partial charge in [-0.2, -0.15) is 4.31 Å². The molecule has 31 heavy (non-hydrogen) atoms. The summed E-state index contributed by atoms with van der Waals surface area (Å²) in [6.45, 7) is 2.50. The van der Waals surface area contributed by atoms with Crippen LogP contribution < -0.4 is 11.1 Å².